The van der Waals surface area contributed by atoms with Gasteiger partial charge in [-0.1, -0.05) is 13.8 Å². The van der Waals surface area contributed by atoms with E-state index in [0.717, 1.165) is 26.1 Å². The van der Waals surface area contributed by atoms with Gasteiger partial charge < -0.3 is 15.2 Å². The lowest BCUT2D eigenvalue weighted by molar-refractivity contribution is -0.00945. The smallest absolute Gasteiger partial charge is 0.0598 e. The van der Waals surface area contributed by atoms with Crippen molar-refractivity contribution in [3.63, 3.8) is 0 Å². The lowest BCUT2D eigenvalue weighted by Crippen LogP contribution is -2.34. The molecule has 0 aliphatic heterocycles. The third kappa shape index (κ3) is 28.4. The van der Waals surface area contributed by atoms with Crippen LogP contribution in [0.1, 0.15) is 82.1 Å². The lowest BCUT2D eigenvalue weighted by Gasteiger charge is -2.23. The summed E-state index contributed by atoms with van der Waals surface area (Å²) >= 11 is 4.40. The standard InChI is InChI=1S/C9H21NO.C9H20OS/c1-8(2,3)11-7-6-9(4,5)10;1-8(2,3)10-7-6-9(4,5)11/h6-7,10H2,1-5H3;11H,6-7H2,1-5H3. The molecule has 0 aromatic carbocycles. The summed E-state index contributed by atoms with van der Waals surface area (Å²) in [6, 6.07) is 0. The van der Waals surface area contributed by atoms with E-state index in [0.29, 0.717) is 0 Å². The van der Waals surface area contributed by atoms with Crippen LogP contribution in [0.3, 0.4) is 0 Å². The third-order valence-electron chi connectivity index (χ3n) is 2.53. The fraction of sp³-hybridized carbons (Fsp3) is 1.00. The van der Waals surface area contributed by atoms with Crippen LogP contribution in [0.2, 0.25) is 0 Å². The Morgan fingerprint density at radius 3 is 1.23 bits per heavy atom. The molecule has 0 radical (unpaired) electrons. The van der Waals surface area contributed by atoms with Crippen LogP contribution in [0, 0.1) is 0 Å². The molecule has 0 saturated carbocycles. The van der Waals surface area contributed by atoms with E-state index in [9.17, 15) is 0 Å². The zero-order valence-corrected chi connectivity index (χ0v) is 17.6. The van der Waals surface area contributed by atoms with Gasteiger partial charge in [0.25, 0.3) is 0 Å². The van der Waals surface area contributed by atoms with Gasteiger partial charge in [0, 0.05) is 23.5 Å². The van der Waals surface area contributed by atoms with Crippen molar-refractivity contribution in [1.82, 2.24) is 0 Å². The van der Waals surface area contributed by atoms with E-state index in [2.05, 4.69) is 68.0 Å². The summed E-state index contributed by atoms with van der Waals surface area (Å²) in [7, 11) is 0. The monoisotopic (exact) mass is 335 g/mol. The van der Waals surface area contributed by atoms with Gasteiger partial charge in [-0.05, 0) is 68.2 Å². The third-order valence-corrected chi connectivity index (χ3v) is 2.75. The first-order valence-electron chi connectivity index (χ1n) is 8.20. The number of rotatable bonds is 6. The highest BCUT2D eigenvalue weighted by Gasteiger charge is 2.15. The van der Waals surface area contributed by atoms with Gasteiger partial charge in [0.15, 0.2) is 0 Å². The van der Waals surface area contributed by atoms with Crippen molar-refractivity contribution in [2.45, 2.75) is 104 Å². The molecule has 0 heterocycles. The zero-order valence-electron chi connectivity index (χ0n) is 16.7. The molecule has 2 N–H and O–H groups in total. The Balaban J connectivity index is 0. The molecule has 22 heavy (non-hydrogen) atoms. The maximum atomic E-state index is 5.78. The first-order valence-corrected chi connectivity index (χ1v) is 8.65. The Morgan fingerprint density at radius 2 is 1.00 bits per heavy atom. The summed E-state index contributed by atoms with van der Waals surface area (Å²) < 4.78 is 11.2. The van der Waals surface area contributed by atoms with E-state index < -0.39 is 0 Å². The predicted molar refractivity (Wildman–Crippen MR) is 102 cm³/mol. The molecule has 0 amide bonds. The van der Waals surface area contributed by atoms with Crippen molar-refractivity contribution in [1.29, 1.82) is 0 Å². The normalized spacial score (nSPS) is 13.6. The van der Waals surface area contributed by atoms with E-state index >= 15 is 0 Å². The first-order chi connectivity index (χ1) is 9.41. The van der Waals surface area contributed by atoms with Crippen LogP contribution in [-0.2, 0) is 9.47 Å². The maximum Gasteiger partial charge on any atom is 0.0598 e. The molecule has 0 atom stereocenters. The Labute approximate surface area is 145 Å². The molecule has 0 aliphatic carbocycles. The van der Waals surface area contributed by atoms with Crippen LogP contribution in [0.5, 0.6) is 0 Å². The molecule has 4 heteroatoms. The van der Waals surface area contributed by atoms with Crippen LogP contribution in [-0.4, -0.2) is 34.7 Å². The van der Waals surface area contributed by atoms with Gasteiger partial charge in [0.05, 0.1) is 11.2 Å². The summed E-state index contributed by atoms with van der Waals surface area (Å²) in [6.07, 6.45) is 1.90. The molecule has 0 bridgehead atoms. The van der Waals surface area contributed by atoms with Crippen molar-refractivity contribution >= 4 is 12.6 Å². The molecule has 3 nitrogen and oxygen atoms in total. The van der Waals surface area contributed by atoms with Gasteiger partial charge >= 0.3 is 0 Å². The zero-order chi connectivity index (χ0) is 18.2. The highest BCUT2D eigenvalue weighted by atomic mass is 32.1. The van der Waals surface area contributed by atoms with E-state index in [4.69, 9.17) is 15.2 Å². The van der Waals surface area contributed by atoms with Gasteiger partial charge in [0.2, 0.25) is 0 Å². The fourth-order valence-corrected chi connectivity index (χ4v) is 1.32. The summed E-state index contributed by atoms with van der Waals surface area (Å²) in [6.45, 7) is 22.1. The van der Waals surface area contributed by atoms with Crippen molar-refractivity contribution < 1.29 is 9.47 Å². The van der Waals surface area contributed by atoms with Crippen LogP contribution < -0.4 is 5.73 Å². The Morgan fingerprint density at radius 1 is 0.682 bits per heavy atom. The second-order valence-corrected chi connectivity index (χ2v) is 10.4. The summed E-state index contributed by atoms with van der Waals surface area (Å²) in [4.78, 5) is 0. The topological polar surface area (TPSA) is 44.5 Å². The molecule has 0 aromatic rings. The molecule has 0 spiro atoms. The van der Waals surface area contributed by atoms with E-state index in [1.54, 1.807) is 0 Å². The van der Waals surface area contributed by atoms with Gasteiger partial charge in [-0.15, -0.1) is 0 Å². The molecule has 0 saturated heterocycles. The Hall–Kier alpha value is 0.230. The molecular weight excluding hydrogens is 294 g/mol. The van der Waals surface area contributed by atoms with Gasteiger partial charge in [-0.2, -0.15) is 12.6 Å². The molecule has 136 valence electrons. The van der Waals surface area contributed by atoms with Crippen LogP contribution in [0.25, 0.3) is 0 Å². The Bertz CT molecular complexity index is 219. The number of nitrogens with two attached hydrogens (primary N) is 1. The number of hydrogen-bond acceptors (Lipinski definition) is 4. The van der Waals surface area contributed by atoms with Crippen molar-refractivity contribution in [3.05, 3.63) is 0 Å². The van der Waals surface area contributed by atoms with Crippen molar-refractivity contribution in [2.75, 3.05) is 13.2 Å². The SMILES string of the molecule is CC(C)(N)CCOC(C)(C)C.CC(C)(S)CCOC(C)(C)C. The average Bonchev–Trinajstić information content (AvgIpc) is 2.08. The summed E-state index contributed by atoms with van der Waals surface area (Å²) in [5, 5.41) is 0. The van der Waals surface area contributed by atoms with Gasteiger partial charge in [-0.25, -0.2) is 0 Å². The summed E-state index contributed by atoms with van der Waals surface area (Å²) in [5.74, 6) is 0. The van der Waals surface area contributed by atoms with Crippen molar-refractivity contribution in [2.24, 2.45) is 5.73 Å². The van der Waals surface area contributed by atoms with E-state index in [-0.39, 0.29) is 21.5 Å². The molecule has 0 rings (SSSR count). The summed E-state index contributed by atoms with van der Waals surface area (Å²) in [5.41, 5.74) is 5.63. The molecular formula is C18H41NO2S. The van der Waals surface area contributed by atoms with Gasteiger partial charge in [-0.3, -0.25) is 0 Å². The van der Waals surface area contributed by atoms with Crippen LogP contribution in [0.4, 0.5) is 0 Å². The predicted octanol–water partition coefficient (Wildman–Crippen LogP) is 4.83. The highest BCUT2D eigenvalue weighted by molar-refractivity contribution is 7.81. The average molecular weight is 336 g/mol. The van der Waals surface area contributed by atoms with Crippen LogP contribution in [0.15, 0.2) is 0 Å². The minimum Gasteiger partial charge on any atom is -0.376 e. The quantitative estimate of drug-likeness (QED) is 0.683. The fourth-order valence-electron chi connectivity index (χ4n) is 1.23. The van der Waals surface area contributed by atoms with Crippen molar-refractivity contribution in [3.8, 4) is 0 Å². The molecule has 0 aliphatic rings. The first kappa shape index (κ1) is 24.5. The highest BCUT2D eigenvalue weighted by Crippen LogP contribution is 2.18. The van der Waals surface area contributed by atoms with Crippen LogP contribution >= 0.6 is 12.6 Å². The van der Waals surface area contributed by atoms with E-state index in [1.807, 2.05) is 13.8 Å². The number of hydrogen-bond donors (Lipinski definition) is 2. The second-order valence-electron chi connectivity index (χ2n) is 9.22. The maximum absolute atomic E-state index is 5.78. The minimum atomic E-state index is -0.106. The number of thiol groups is 1. The number of ether oxygens (including phenoxy) is 2. The largest absolute Gasteiger partial charge is 0.376 e. The molecule has 0 fully saturated rings. The van der Waals surface area contributed by atoms with Gasteiger partial charge in [0.1, 0.15) is 0 Å². The minimum absolute atomic E-state index is 0.0149. The lowest BCUT2D eigenvalue weighted by atomic mass is 10.0. The van der Waals surface area contributed by atoms with E-state index in [1.165, 1.54) is 0 Å². The second kappa shape index (κ2) is 9.51. The molecule has 0 aromatic heterocycles. The Kier molecular flexibility index (Phi) is 10.6. The molecule has 0 unspecified atom stereocenters.